The highest BCUT2D eigenvalue weighted by atomic mass is 19.1. The van der Waals surface area contributed by atoms with E-state index in [2.05, 4.69) is 0 Å². The Morgan fingerprint density at radius 1 is 1.55 bits per heavy atom. The number of halogens is 1. The van der Waals surface area contributed by atoms with Crippen molar-refractivity contribution >= 4 is 0 Å². The Morgan fingerprint density at radius 3 is 2.73 bits per heavy atom. The molecule has 0 saturated carbocycles. The van der Waals surface area contributed by atoms with Crippen LogP contribution in [0.25, 0.3) is 0 Å². The molecule has 0 heterocycles. The zero-order chi connectivity index (χ0) is 8.27. The van der Waals surface area contributed by atoms with Crippen LogP contribution >= 0.6 is 0 Å². The predicted molar refractivity (Wildman–Crippen MR) is 37.7 cm³/mol. The van der Waals surface area contributed by atoms with Gasteiger partial charge in [-0.1, -0.05) is 6.07 Å². The maximum absolute atomic E-state index is 12.7. The van der Waals surface area contributed by atoms with Crippen molar-refractivity contribution in [3.8, 4) is 11.8 Å². The van der Waals surface area contributed by atoms with Gasteiger partial charge >= 0.3 is 0 Å². The maximum atomic E-state index is 12.7. The van der Waals surface area contributed by atoms with Crippen molar-refractivity contribution in [3.63, 3.8) is 0 Å². The Hall–Kier alpha value is -1.56. The molecule has 0 saturated heterocycles. The van der Waals surface area contributed by atoms with Gasteiger partial charge in [-0.05, 0) is 12.1 Å². The largest absolute Gasteiger partial charge is 0.495 e. The molecular formula is C8H6FNO. The van der Waals surface area contributed by atoms with Crippen LogP contribution in [0, 0.1) is 17.1 Å². The van der Waals surface area contributed by atoms with Gasteiger partial charge in [-0.15, -0.1) is 0 Å². The monoisotopic (exact) mass is 151 g/mol. The highest BCUT2D eigenvalue weighted by Crippen LogP contribution is 2.19. The second-order valence-electron chi connectivity index (χ2n) is 1.93. The molecule has 0 fully saturated rings. The lowest BCUT2D eigenvalue weighted by Gasteiger charge is -2.00. The number of nitrogens with zero attached hydrogens (tertiary/aromatic N) is 1. The van der Waals surface area contributed by atoms with E-state index in [1.807, 2.05) is 0 Å². The first kappa shape index (κ1) is 7.55. The third-order valence-corrected chi connectivity index (χ3v) is 1.31. The lowest BCUT2D eigenvalue weighted by atomic mass is 10.2. The van der Waals surface area contributed by atoms with Crippen LogP contribution in [-0.4, -0.2) is 7.11 Å². The van der Waals surface area contributed by atoms with Crippen molar-refractivity contribution in [1.29, 1.82) is 5.26 Å². The average molecular weight is 151 g/mol. The maximum Gasteiger partial charge on any atom is 0.144 e. The minimum atomic E-state index is -0.549. The first-order chi connectivity index (χ1) is 5.29. The summed E-state index contributed by atoms with van der Waals surface area (Å²) in [4.78, 5) is 0. The van der Waals surface area contributed by atoms with Crippen LogP contribution in [0.15, 0.2) is 18.2 Å². The van der Waals surface area contributed by atoms with Crippen LogP contribution in [0.1, 0.15) is 5.56 Å². The molecule has 0 aliphatic rings. The lowest BCUT2D eigenvalue weighted by molar-refractivity contribution is 0.409. The number of methoxy groups -OCH3 is 1. The van der Waals surface area contributed by atoms with E-state index in [0.29, 0.717) is 0 Å². The highest BCUT2D eigenvalue weighted by Gasteiger charge is 2.06. The number of hydrogen-bond donors (Lipinski definition) is 0. The fourth-order valence-electron chi connectivity index (χ4n) is 0.783. The number of nitriles is 1. The fourth-order valence-corrected chi connectivity index (χ4v) is 0.783. The Bertz CT molecular complexity index is 303. The molecular weight excluding hydrogens is 145 g/mol. The molecule has 0 aromatic heterocycles. The third kappa shape index (κ3) is 1.30. The van der Waals surface area contributed by atoms with Crippen LogP contribution in [0.5, 0.6) is 5.75 Å². The van der Waals surface area contributed by atoms with Gasteiger partial charge in [-0.3, -0.25) is 0 Å². The molecule has 11 heavy (non-hydrogen) atoms. The second-order valence-corrected chi connectivity index (χ2v) is 1.93. The molecule has 1 rings (SSSR count). The summed E-state index contributed by atoms with van der Waals surface area (Å²) in [6, 6.07) is 5.98. The van der Waals surface area contributed by atoms with Crippen LogP contribution < -0.4 is 4.74 Å². The number of hydrogen-bond acceptors (Lipinski definition) is 2. The van der Waals surface area contributed by atoms with Crippen molar-refractivity contribution in [3.05, 3.63) is 29.6 Å². The smallest absolute Gasteiger partial charge is 0.144 e. The second kappa shape index (κ2) is 3.02. The first-order valence-corrected chi connectivity index (χ1v) is 3.02. The van der Waals surface area contributed by atoms with Crippen molar-refractivity contribution in [2.45, 2.75) is 0 Å². The molecule has 2 nitrogen and oxygen atoms in total. The van der Waals surface area contributed by atoms with Crippen molar-refractivity contribution in [1.82, 2.24) is 0 Å². The number of benzene rings is 1. The summed E-state index contributed by atoms with van der Waals surface area (Å²) < 4.78 is 17.5. The molecule has 0 spiro atoms. The summed E-state index contributed by atoms with van der Waals surface area (Å²) in [7, 11) is 1.40. The molecule has 0 aliphatic heterocycles. The molecule has 0 amide bonds. The van der Waals surface area contributed by atoms with Gasteiger partial charge in [0, 0.05) is 0 Å². The molecule has 0 N–H and O–H groups in total. The van der Waals surface area contributed by atoms with E-state index in [-0.39, 0.29) is 11.3 Å². The quantitative estimate of drug-likeness (QED) is 0.612. The van der Waals surface area contributed by atoms with Gasteiger partial charge < -0.3 is 4.74 Å². The average Bonchev–Trinajstić information content (AvgIpc) is 2.04. The zero-order valence-electron chi connectivity index (χ0n) is 5.97. The molecule has 3 heteroatoms. The minimum Gasteiger partial charge on any atom is -0.495 e. The van der Waals surface area contributed by atoms with E-state index in [1.165, 1.54) is 19.2 Å². The molecule has 1 aromatic carbocycles. The van der Waals surface area contributed by atoms with Crippen molar-refractivity contribution < 1.29 is 9.13 Å². The van der Waals surface area contributed by atoms with Gasteiger partial charge in [0.1, 0.15) is 23.2 Å². The molecule has 0 unspecified atom stereocenters. The van der Waals surface area contributed by atoms with Gasteiger partial charge in [0.05, 0.1) is 7.11 Å². The summed E-state index contributed by atoms with van der Waals surface area (Å²) in [5.41, 5.74) is -0.0463. The van der Waals surface area contributed by atoms with Gasteiger partial charge in [-0.25, -0.2) is 4.39 Å². The summed E-state index contributed by atoms with van der Waals surface area (Å²) in [6.07, 6.45) is 0. The summed E-state index contributed by atoms with van der Waals surface area (Å²) >= 11 is 0. The molecule has 0 bridgehead atoms. The first-order valence-electron chi connectivity index (χ1n) is 3.02. The minimum absolute atomic E-state index is 0.0463. The molecule has 1 aromatic rings. The zero-order valence-corrected chi connectivity index (χ0v) is 5.97. The number of ether oxygens (including phenoxy) is 1. The van der Waals surface area contributed by atoms with Crippen LogP contribution in [0.2, 0.25) is 0 Å². The normalized spacial score (nSPS) is 8.82. The van der Waals surface area contributed by atoms with Crippen LogP contribution in [-0.2, 0) is 0 Å². The van der Waals surface area contributed by atoms with Crippen molar-refractivity contribution in [2.24, 2.45) is 0 Å². The van der Waals surface area contributed by atoms with E-state index in [4.69, 9.17) is 10.00 Å². The van der Waals surface area contributed by atoms with E-state index in [9.17, 15) is 4.39 Å². The lowest BCUT2D eigenvalue weighted by Crippen LogP contribution is -1.90. The third-order valence-electron chi connectivity index (χ3n) is 1.31. The SMILES string of the molecule is COc1cccc(F)c1C#N. The van der Waals surface area contributed by atoms with Gasteiger partial charge in [0.15, 0.2) is 0 Å². The predicted octanol–water partition coefficient (Wildman–Crippen LogP) is 1.71. The van der Waals surface area contributed by atoms with E-state index < -0.39 is 5.82 Å². The summed E-state index contributed by atoms with van der Waals surface area (Å²) in [5, 5.41) is 8.46. The molecule has 0 atom stereocenters. The van der Waals surface area contributed by atoms with E-state index in [1.54, 1.807) is 12.1 Å². The summed E-state index contributed by atoms with van der Waals surface area (Å²) in [6.45, 7) is 0. The van der Waals surface area contributed by atoms with Gasteiger partial charge in [-0.2, -0.15) is 5.26 Å². The van der Waals surface area contributed by atoms with Crippen LogP contribution in [0.4, 0.5) is 4.39 Å². The Morgan fingerprint density at radius 2 is 2.27 bits per heavy atom. The van der Waals surface area contributed by atoms with Gasteiger partial charge in [0.25, 0.3) is 0 Å². The molecule has 0 aliphatic carbocycles. The Labute approximate surface area is 63.8 Å². The van der Waals surface area contributed by atoms with E-state index >= 15 is 0 Å². The highest BCUT2D eigenvalue weighted by molar-refractivity contribution is 5.43. The standard InChI is InChI=1S/C8H6FNO/c1-11-8-4-2-3-7(9)6(8)5-10/h2-4H,1H3. The van der Waals surface area contributed by atoms with Crippen LogP contribution in [0.3, 0.4) is 0 Å². The Kier molecular flexibility index (Phi) is 2.07. The topological polar surface area (TPSA) is 33.0 Å². The number of rotatable bonds is 1. The van der Waals surface area contributed by atoms with E-state index in [0.717, 1.165) is 0 Å². The molecule has 0 radical (unpaired) electrons. The fraction of sp³-hybridized carbons (Fsp3) is 0.125. The van der Waals surface area contributed by atoms with Crippen molar-refractivity contribution in [2.75, 3.05) is 7.11 Å². The summed E-state index contributed by atoms with van der Waals surface area (Å²) in [5.74, 6) is -0.278. The Balaban J connectivity index is 3.27. The van der Waals surface area contributed by atoms with Gasteiger partial charge in [0.2, 0.25) is 0 Å². The molecule has 56 valence electrons.